The van der Waals surface area contributed by atoms with Gasteiger partial charge in [-0.15, -0.1) is 0 Å². The van der Waals surface area contributed by atoms with E-state index in [1.165, 1.54) is 6.07 Å². The van der Waals surface area contributed by atoms with E-state index in [-0.39, 0.29) is 17.2 Å². The lowest BCUT2D eigenvalue weighted by Gasteiger charge is -2.27. The molecule has 0 atom stereocenters. The third-order valence-electron chi connectivity index (χ3n) is 4.43. The maximum Gasteiger partial charge on any atom is 0.335 e. The van der Waals surface area contributed by atoms with E-state index >= 15 is 0 Å². The quantitative estimate of drug-likeness (QED) is 0.754. The van der Waals surface area contributed by atoms with Crippen molar-refractivity contribution in [1.82, 2.24) is 0 Å². The summed E-state index contributed by atoms with van der Waals surface area (Å²) in [7, 11) is 0. The first-order valence-electron chi connectivity index (χ1n) is 7.90. The lowest BCUT2D eigenvalue weighted by molar-refractivity contribution is -0.126. The van der Waals surface area contributed by atoms with Crippen LogP contribution in [0.25, 0.3) is 0 Å². The van der Waals surface area contributed by atoms with Gasteiger partial charge in [-0.3, -0.25) is 4.79 Å². The van der Waals surface area contributed by atoms with Crippen LogP contribution in [0, 0.1) is 11.2 Å². The van der Waals surface area contributed by atoms with E-state index in [0.29, 0.717) is 19.6 Å². The zero-order valence-corrected chi connectivity index (χ0v) is 13.2. The maximum absolute atomic E-state index is 13.9. The van der Waals surface area contributed by atoms with Gasteiger partial charge in [0.1, 0.15) is 5.82 Å². The molecule has 0 bridgehead atoms. The monoisotopic (exact) mass is 323 g/mol. The van der Waals surface area contributed by atoms with Crippen molar-refractivity contribution in [2.75, 3.05) is 18.5 Å². The Morgan fingerprint density at radius 1 is 1.35 bits per heavy atom. The maximum atomic E-state index is 13.9. The van der Waals surface area contributed by atoms with Crippen LogP contribution in [0.15, 0.2) is 18.2 Å². The lowest BCUT2D eigenvalue weighted by atomic mass is 9.82. The van der Waals surface area contributed by atoms with Crippen LogP contribution in [0.5, 0.6) is 0 Å². The van der Waals surface area contributed by atoms with E-state index in [2.05, 4.69) is 5.32 Å². The minimum atomic E-state index is -1.16. The van der Waals surface area contributed by atoms with Gasteiger partial charge in [-0.05, 0) is 44.4 Å². The number of benzene rings is 1. The third kappa shape index (κ3) is 4.07. The Hall–Kier alpha value is -1.95. The number of halogens is 1. The normalized spacial score (nSPS) is 16.3. The zero-order valence-electron chi connectivity index (χ0n) is 13.2. The van der Waals surface area contributed by atoms with E-state index in [1.807, 2.05) is 6.92 Å². The standard InChI is InChI=1S/C17H22FNO4/c1-2-23-10-9-17(7-3-4-8-17)16(22)19-14-11-12(15(20)21)5-6-13(14)18/h5-6,11H,2-4,7-10H2,1H3,(H,19,22)(H,20,21). The Balaban J connectivity index is 2.15. The number of nitrogens with one attached hydrogen (secondary N) is 1. The minimum Gasteiger partial charge on any atom is -0.478 e. The number of rotatable bonds is 7. The lowest BCUT2D eigenvalue weighted by Crippen LogP contribution is -2.35. The molecule has 1 amide bonds. The van der Waals surface area contributed by atoms with Gasteiger partial charge in [0.15, 0.2) is 0 Å². The highest BCUT2D eigenvalue weighted by atomic mass is 19.1. The van der Waals surface area contributed by atoms with Crippen LogP contribution in [0.4, 0.5) is 10.1 Å². The van der Waals surface area contributed by atoms with Gasteiger partial charge >= 0.3 is 5.97 Å². The first-order chi connectivity index (χ1) is 11.0. The van der Waals surface area contributed by atoms with Crippen molar-refractivity contribution >= 4 is 17.6 Å². The summed E-state index contributed by atoms with van der Waals surface area (Å²) >= 11 is 0. The van der Waals surface area contributed by atoms with Crippen molar-refractivity contribution in [3.63, 3.8) is 0 Å². The summed E-state index contributed by atoms with van der Waals surface area (Å²) in [5.74, 6) is -2.05. The number of anilines is 1. The first-order valence-corrected chi connectivity index (χ1v) is 7.90. The number of ether oxygens (including phenoxy) is 1. The molecule has 0 aliphatic heterocycles. The Kier molecular flexibility index (Phi) is 5.71. The van der Waals surface area contributed by atoms with Crippen molar-refractivity contribution in [2.24, 2.45) is 5.41 Å². The molecule has 2 rings (SSSR count). The highest BCUT2D eigenvalue weighted by Crippen LogP contribution is 2.42. The molecular formula is C17H22FNO4. The number of hydrogen-bond acceptors (Lipinski definition) is 3. The second-order valence-electron chi connectivity index (χ2n) is 5.89. The smallest absolute Gasteiger partial charge is 0.335 e. The van der Waals surface area contributed by atoms with E-state index in [9.17, 15) is 14.0 Å². The molecule has 0 saturated heterocycles. The summed E-state index contributed by atoms with van der Waals surface area (Å²) in [5.41, 5.74) is -0.699. The summed E-state index contributed by atoms with van der Waals surface area (Å²) in [6.45, 7) is 2.97. The van der Waals surface area contributed by atoms with Crippen LogP contribution in [0.3, 0.4) is 0 Å². The molecule has 1 aliphatic rings. The van der Waals surface area contributed by atoms with Crippen molar-refractivity contribution < 1.29 is 23.8 Å². The average molecular weight is 323 g/mol. The number of aromatic carboxylic acids is 1. The Bertz CT molecular complexity index is 582. The molecule has 6 heteroatoms. The summed E-state index contributed by atoms with van der Waals surface area (Å²) in [6, 6.07) is 3.38. The SMILES string of the molecule is CCOCCC1(C(=O)Nc2cc(C(=O)O)ccc2F)CCCC1. The fourth-order valence-electron chi connectivity index (χ4n) is 3.06. The molecule has 0 heterocycles. The number of carbonyl (C=O) groups excluding carboxylic acids is 1. The second-order valence-corrected chi connectivity index (χ2v) is 5.89. The minimum absolute atomic E-state index is 0.0588. The molecule has 2 N–H and O–H groups in total. The molecule has 0 aromatic heterocycles. The van der Waals surface area contributed by atoms with Gasteiger partial charge in [0.05, 0.1) is 16.7 Å². The fraction of sp³-hybridized carbons (Fsp3) is 0.529. The van der Waals surface area contributed by atoms with E-state index in [4.69, 9.17) is 9.84 Å². The molecule has 1 fully saturated rings. The summed E-state index contributed by atoms with van der Waals surface area (Å²) in [4.78, 5) is 23.7. The highest BCUT2D eigenvalue weighted by Gasteiger charge is 2.40. The summed E-state index contributed by atoms with van der Waals surface area (Å²) in [5, 5.41) is 11.6. The molecule has 0 unspecified atom stereocenters. The molecule has 5 nitrogen and oxygen atoms in total. The van der Waals surface area contributed by atoms with Crippen LogP contribution in [0.2, 0.25) is 0 Å². The van der Waals surface area contributed by atoms with Gasteiger partial charge in [0, 0.05) is 13.2 Å². The molecular weight excluding hydrogens is 301 g/mol. The van der Waals surface area contributed by atoms with Crippen molar-refractivity contribution in [3.05, 3.63) is 29.6 Å². The van der Waals surface area contributed by atoms with E-state index < -0.39 is 17.2 Å². The number of amides is 1. The largest absolute Gasteiger partial charge is 0.478 e. The summed E-state index contributed by atoms with van der Waals surface area (Å²) in [6.07, 6.45) is 3.99. The number of hydrogen-bond donors (Lipinski definition) is 2. The van der Waals surface area contributed by atoms with Crippen molar-refractivity contribution in [2.45, 2.75) is 39.0 Å². The molecule has 23 heavy (non-hydrogen) atoms. The fourth-order valence-corrected chi connectivity index (χ4v) is 3.06. The Labute approximate surface area is 134 Å². The van der Waals surface area contributed by atoms with Gasteiger partial charge in [-0.25, -0.2) is 9.18 Å². The Morgan fingerprint density at radius 2 is 2.04 bits per heavy atom. The topological polar surface area (TPSA) is 75.6 Å². The van der Waals surface area contributed by atoms with Crippen LogP contribution >= 0.6 is 0 Å². The highest BCUT2D eigenvalue weighted by molar-refractivity contribution is 5.97. The zero-order chi connectivity index (χ0) is 16.9. The molecule has 1 aliphatic carbocycles. The number of carboxylic acid groups (broad SMARTS) is 1. The number of carboxylic acids is 1. The van der Waals surface area contributed by atoms with Gasteiger partial charge in [-0.2, -0.15) is 0 Å². The van der Waals surface area contributed by atoms with E-state index in [1.54, 1.807) is 0 Å². The van der Waals surface area contributed by atoms with Crippen LogP contribution in [-0.2, 0) is 9.53 Å². The molecule has 1 aromatic carbocycles. The van der Waals surface area contributed by atoms with Crippen molar-refractivity contribution in [3.8, 4) is 0 Å². The molecule has 1 aromatic rings. The predicted octanol–water partition coefficient (Wildman–Crippen LogP) is 3.45. The second kappa shape index (κ2) is 7.55. The molecule has 126 valence electrons. The van der Waals surface area contributed by atoms with Crippen LogP contribution < -0.4 is 5.32 Å². The van der Waals surface area contributed by atoms with Crippen LogP contribution in [0.1, 0.15) is 49.4 Å². The number of carbonyl (C=O) groups is 2. The van der Waals surface area contributed by atoms with Gasteiger partial charge < -0.3 is 15.2 Å². The van der Waals surface area contributed by atoms with Gasteiger partial charge in [0.2, 0.25) is 5.91 Å². The molecule has 0 radical (unpaired) electrons. The van der Waals surface area contributed by atoms with Crippen molar-refractivity contribution in [1.29, 1.82) is 0 Å². The van der Waals surface area contributed by atoms with Crippen LogP contribution in [-0.4, -0.2) is 30.2 Å². The molecule has 1 saturated carbocycles. The molecule has 0 spiro atoms. The van der Waals surface area contributed by atoms with E-state index in [0.717, 1.165) is 37.8 Å². The third-order valence-corrected chi connectivity index (χ3v) is 4.43. The van der Waals surface area contributed by atoms with Gasteiger partial charge in [-0.1, -0.05) is 12.8 Å². The average Bonchev–Trinajstić information content (AvgIpc) is 2.99. The first kappa shape index (κ1) is 17.4. The summed E-state index contributed by atoms with van der Waals surface area (Å²) < 4.78 is 19.2. The predicted molar refractivity (Wildman–Crippen MR) is 84.0 cm³/mol. The Morgan fingerprint density at radius 3 is 2.65 bits per heavy atom. The van der Waals surface area contributed by atoms with Gasteiger partial charge in [0.25, 0.3) is 0 Å².